The summed E-state index contributed by atoms with van der Waals surface area (Å²) in [6.07, 6.45) is -1.95. The standard InChI is InChI=1S/C8H7F3N2O/c9-8(10,11)7(12)6-1-5(4-14)2-13-3-6/h1-4,7H,12H2/t7-/m1/s1. The van der Waals surface area contributed by atoms with Crippen molar-refractivity contribution in [1.29, 1.82) is 0 Å². The predicted octanol–water partition coefficient (Wildman–Crippen LogP) is 1.46. The second-order valence-corrected chi connectivity index (χ2v) is 2.69. The summed E-state index contributed by atoms with van der Waals surface area (Å²) in [4.78, 5) is 13.7. The number of pyridine rings is 1. The molecular weight excluding hydrogens is 197 g/mol. The molecule has 0 fully saturated rings. The second-order valence-electron chi connectivity index (χ2n) is 2.69. The van der Waals surface area contributed by atoms with Crippen molar-refractivity contribution >= 4 is 6.29 Å². The average Bonchev–Trinajstić information content (AvgIpc) is 2.15. The number of hydrogen-bond acceptors (Lipinski definition) is 3. The van der Waals surface area contributed by atoms with Crippen molar-refractivity contribution in [3.8, 4) is 0 Å². The first kappa shape index (κ1) is 10.6. The van der Waals surface area contributed by atoms with Crippen molar-refractivity contribution in [3.63, 3.8) is 0 Å². The Balaban J connectivity index is 3.01. The zero-order chi connectivity index (χ0) is 10.8. The SMILES string of the molecule is N[C@H](c1cncc(C=O)c1)C(F)(F)F. The Morgan fingerprint density at radius 2 is 2.07 bits per heavy atom. The van der Waals surface area contributed by atoms with Crippen LogP contribution in [0.5, 0.6) is 0 Å². The van der Waals surface area contributed by atoms with Crippen molar-refractivity contribution in [2.75, 3.05) is 0 Å². The van der Waals surface area contributed by atoms with Crippen LogP contribution in [0.4, 0.5) is 13.2 Å². The molecule has 6 heteroatoms. The number of hydrogen-bond donors (Lipinski definition) is 1. The van der Waals surface area contributed by atoms with Gasteiger partial charge in [0.05, 0.1) is 0 Å². The Labute approximate surface area is 77.7 Å². The van der Waals surface area contributed by atoms with Crippen molar-refractivity contribution in [2.24, 2.45) is 5.73 Å². The summed E-state index contributed by atoms with van der Waals surface area (Å²) in [5, 5.41) is 0. The number of nitrogens with two attached hydrogens (primary N) is 1. The van der Waals surface area contributed by atoms with Gasteiger partial charge in [0.25, 0.3) is 0 Å². The Hall–Kier alpha value is -1.43. The van der Waals surface area contributed by atoms with E-state index in [4.69, 9.17) is 5.73 Å². The van der Waals surface area contributed by atoms with E-state index in [1.807, 2.05) is 0 Å². The van der Waals surface area contributed by atoms with Gasteiger partial charge in [-0.1, -0.05) is 0 Å². The summed E-state index contributed by atoms with van der Waals surface area (Å²) >= 11 is 0. The fourth-order valence-corrected chi connectivity index (χ4v) is 0.900. The maximum absolute atomic E-state index is 12.1. The van der Waals surface area contributed by atoms with Crippen molar-refractivity contribution < 1.29 is 18.0 Å². The van der Waals surface area contributed by atoms with Gasteiger partial charge < -0.3 is 5.73 Å². The normalized spacial score (nSPS) is 13.7. The first-order chi connectivity index (χ1) is 6.45. The molecule has 0 spiro atoms. The molecule has 1 rings (SSSR count). The van der Waals surface area contributed by atoms with Crippen LogP contribution in [0.25, 0.3) is 0 Å². The Bertz CT molecular complexity index is 338. The highest BCUT2D eigenvalue weighted by molar-refractivity contribution is 5.74. The average molecular weight is 204 g/mol. The zero-order valence-corrected chi connectivity index (χ0v) is 6.95. The number of rotatable bonds is 2. The first-order valence-corrected chi connectivity index (χ1v) is 3.67. The van der Waals surface area contributed by atoms with E-state index < -0.39 is 12.2 Å². The molecule has 0 unspecified atom stereocenters. The number of carbonyl (C=O) groups excluding carboxylic acids is 1. The number of aldehydes is 1. The van der Waals surface area contributed by atoms with Crippen LogP contribution >= 0.6 is 0 Å². The van der Waals surface area contributed by atoms with Crippen LogP contribution in [0.15, 0.2) is 18.5 Å². The van der Waals surface area contributed by atoms with E-state index >= 15 is 0 Å². The predicted molar refractivity (Wildman–Crippen MR) is 42.6 cm³/mol. The molecule has 0 bridgehead atoms. The maximum atomic E-state index is 12.1. The number of carbonyl (C=O) groups is 1. The fraction of sp³-hybridized carbons (Fsp3) is 0.250. The van der Waals surface area contributed by atoms with Gasteiger partial charge in [-0.2, -0.15) is 13.2 Å². The number of halogens is 3. The second kappa shape index (κ2) is 3.75. The smallest absolute Gasteiger partial charge is 0.316 e. The fourth-order valence-electron chi connectivity index (χ4n) is 0.900. The molecule has 2 N–H and O–H groups in total. The Morgan fingerprint density at radius 3 is 2.57 bits per heavy atom. The van der Waals surface area contributed by atoms with Crippen LogP contribution in [-0.4, -0.2) is 17.4 Å². The highest BCUT2D eigenvalue weighted by Gasteiger charge is 2.38. The van der Waals surface area contributed by atoms with Crippen molar-refractivity contribution in [1.82, 2.24) is 4.98 Å². The van der Waals surface area contributed by atoms with E-state index in [-0.39, 0.29) is 11.1 Å². The van der Waals surface area contributed by atoms with Gasteiger partial charge in [0.15, 0.2) is 6.29 Å². The molecule has 1 aromatic rings. The molecule has 0 aromatic carbocycles. The minimum atomic E-state index is -4.52. The van der Waals surface area contributed by atoms with Crippen LogP contribution in [0.2, 0.25) is 0 Å². The maximum Gasteiger partial charge on any atom is 0.407 e. The van der Waals surface area contributed by atoms with Gasteiger partial charge in [0.2, 0.25) is 0 Å². The molecule has 14 heavy (non-hydrogen) atoms. The van der Waals surface area contributed by atoms with Gasteiger partial charge in [-0.15, -0.1) is 0 Å². The lowest BCUT2D eigenvalue weighted by atomic mass is 10.1. The largest absolute Gasteiger partial charge is 0.407 e. The lowest BCUT2D eigenvalue weighted by Crippen LogP contribution is -2.28. The van der Waals surface area contributed by atoms with E-state index in [2.05, 4.69) is 4.98 Å². The minimum absolute atomic E-state index is 0.0715. The molecule has 1 atom stereocenters. The molecule has 0 saturated heterocycles. The molecule has 0 aliphatic heterocycles. The highest BCUT2D eigenvalue weighted by Crippen LogP contribution is 2.29. The molecule has 76 valence electrons. The van der Waals surface area contributed by atoms with E-state index in [0.717, 1.165) is 12.3 Å². The molecule has 0 aliphatic carbocycles. The molecule has 1 heterocycles. The van der Waals surface area contributed by atoms with Gasteiger partial charge in [0, 0.05) is 18.0 Å². The number of nitrogens with zero attached hydrogens (tertiary/aromatic N) is 1. The van der Waals surface area contributed by atoms with E-state index in [1.54, 1.807) is 0 Å². The Morgan fingerprint density at radius 1 is 1.43 bits per heavy atom. The molecule has 0 saturated carbocycles. The third-order valence-corrected chi connectivity index (χ3v) is 1.63. The summed E-state index contributed by atoms with van der Waals surface area (Å²) in [5.41, 5.74) is 4.77. The van der Waals surface area contributed by atoms with Crippen LogP contribution < -0.4 is 5.73 Å². The topological polar surface area (TPSA) is 56.0 Å². The monoisotopic (exact) mass is 204 g/mol. The lowest BCUT2D eigenvalue weighted by Gasteiger charge is -2.15. The van der Waals surface area contributed by atoms with Crippen LogP contribution in [0.3, 0.4) is 0 Å². The summed E-state index contributed by atoms with van der Waals surface area (Å²) in [5.74, 6) is 0. The quantitative estimate of drug-likeness (QED) is 0.742. The van der Waals surface area contributed by atoms with E-state index in [9.17, 15) is 18.0 Å². The van der Waals surface area contributed by atoms with Gasteiger partial charge in [-0.3, -0.25) is 9.78 Å². The van der Waals surface area contributed by atoms with Gasteiger partial charge in [-0.25, -0.2) is 0 Å². The van der Waals surface area contributed by atoms with E-state index in [1.165, 1.54) is 6.20 Å². The molecule has 1 aromatic heterocycles. The lowest BCUT2D eigenvalue weighted by molar-refractivity contribution is -0.149. The molecule has 0 radical (unpaired) electrons. The third-order valence-electron chi connectivity index (χ3n) is 1.63. The van der Waals surface area contributed by atoms with Crippen molar-refractivity contribution in [3.05, 3.63) is 29.6 Å². The first-order valence-electron chi connectivity index (χ1n) is 3.67. The summed E-state index contributed by atoms with van der Waals surface area (Å²) in [6.45, 7) is 0. The highest BCUT2D eigenvalue weighted by atomic mass is 19.4. The van der Waals surface area contributed by atoms with Crippen molar-refractivity contribution in [2.45, 2.75) is 12.2 Å². The zero-order valence-electron chi connectivity index (χ0n) is 6.95. The molecule has 3 nitrogen and oxygen atoms in total. The summed E-state index contributed by atoms with van der Waals surface area (Å²) in [7, 11) is 0. The van der Waals surface area contributed by atoms with E-state index in [0.29, 0.717) is 6.29 Å². The molecular formula is C8H7F3N2O. The van der Waals surface area contributed by atoms with Gasteiger partial charge in [-0.05, 0) is 11.6 Å². The third kappa shape index (κ3) is 2.29. The Kier molecular flexibility index (Phi) is 2.85. The summed E-state index contributed by atoms with van der Waals surface area (Å²) < 4.78 is 36.4. The molecule has 0 aliphatic rings. The number of aromatic nitrogens is 1. The number of alkyl halides is 3. The summed E-state index contributed by atoms with van der Waals surface area (Å²) in [6, 6.07) is -1.03. The van der Waals surface area contributed by atoms with Crippen LogP contribution in [0.1, 0.15) is 22.0 Å². The minimum Gasteiger partial charge on any atom is -0.316 e. The van der Waals surface area contributed by atoms with Gasteiger partial charge in [0.1, 0.15) is 6.04 Å². The van der Waals surface area contributed by atoms with Crippen LogP contribution in [-0.2, 0) is 0 Å². The van der Waals surface area contributed by atoms with Gasteiger partial charge >= 0.3 is 6.18 Å². The van der Waals surface area contributed by atoms with Crippen LogP contribution in [0, 0.1) is 0 Å². The molecule has 0 amide bonds.